The Balaban J connectivity index is 2.95. The van der Waals surface area contributed by atoms with Gasteiger partial charge in [-0.05, 0) is 28.5 Å². The first kappa shape index (κ1) is 11.7. The molecule has 0 N–H and O–H groups in total. The van der Waals surface area contributed by atoms with Crippen LogP contribution in [-0.4, -0.2) is 15.6 Å². The van der Waals surface area contributed by atoms with Crippen molar-refractivity contribution in [2.75, 3.05) is 0 Å². The van der Waals surface area contributed by atoms with E-state index in [0.29, 0.717) is 5.92 Å². The number of aryl methyl sites for hydroxylation is 1. The average Bonchev–Trinajstić information content (AvgIpc) is 2.45. The molecule has 0 fully saturated rings. The number of rotatable bonds is 3. The van der Waals surface area contributed by atoms with Gasteiger partial charge in [-0.25, -0.2) is 0 Å². The molecule has 1 aromatic rings. The molecule has 0 amide bonds. The monoisotopic (exact) mass is 306 g/mol. The van der Waals surface area contributed by atoms with E-state index in [2.05, 4.69) is 41.5 Å². The molecule has 0 saturated heterocycles. The Labute approximate surface area is 98.0 Å². The maximum Gasteiger partial charge on any atom is 0.170 e. The summed E-state index contributed by atoms with van der Waals surface area (Å²) < 4.78 is 2.64. The van der Waals surface area contributed by atoms with Crippen LogP contribution in [-0.2, 0) is 7.05 Å². The van der Waals surface area contributed by atoms with Gasteiger partial charge in [-0.2, -0.15) is 5.10 Å². The minimum Gasteiger partial charge on any atom is -0.294 e. The molecule has 1 unspecified atom stereocenters. The summed E-state index contributed by atoms with van der Waals surface area (Å²) in [5.74, 6) is 0.628. The Bertz CT molecular complexity index is 344. The van der Waals surface area contributed by atoms with Gasteiger partial charge in [0.05, 0.1) is 11.8 Å². The predicted octanol–water partition coefficient (Wildman–Crippen LogP) is 2.50. The summed E-state index contributed by atoms with van der Waals surface area (Å²) in [5.41, 5.74) is 0.745. The highest BCUT2D eigenvalue weighted by Crippen LogP contribution is 2.19. The van der Waals surface area contributed by atoms with Gasteiger partial charge in [-0.15, -0.1) is 0 Å². The third kappa shape index (κ3) is 2.16. The number of carbonyl (C=O) groups excluding carboxylic acids is 1. The Kier molecular flexibility index (Phi) is 3.69. The molecule has 1 rings (SSSR count). The van der Waals surface area contributed by atoms with Gasteiger partial charge >= 0.3 is 0 Å². The number of hydrogen-bond acceptors (Lipinski definition) is 2. The van der Waals surface area contributed by atoms with E-state index in [-0.39, 0.29) is 11.7 Å². The van der Waals surface area contributed by atoms with Crippen molar-refractivity contribution in [1.82, 2.24) is 9.78 Å². The van der Waals surface area contributed by atoms with Crippen LogP contribution in [0.3, 0.4) is 0 Å². The maximum absolute atomic E-state index is 12.0. The van der Waals surface area contributed by atoms with Crippen molar-refractivity contribution >= 4 is 28.4 Å². The number of ketones is 1. The minimum atomic E-state index is 0.0627. The molecule has 1 atom stereocenters. The topological polar surface area (TPSA) is 34.9 Å². The summed E-state index contributed by atoms with van der Waals surface area (Å²) in [6.45, 7) is 6.09. The zero-order valence-corrected chi connectivity index (χ0v) is 11.1. The fourth-order valence-electron chi connectivity index (χ4n) is 1.14. The normalized spacial score (nSPS) is 13.3. The van der Waals surface area contributed by atoms with Gasteiger partial charge in [0, 0.05) is 13.0 Å². The number of nitrogens with zero attached hydrogens (tertiary/aromatic N) is 2. The zero-order valence-electron chi connectivity index (χ0n) is 8.91. The fraction of sp³-hybridized carbons (Fsp3) is 0.600. The largest absolute Gasteiger partial charge is 0.294 e. The van der Waals surface area contributed by atoms with Crippen LogP contribution in [0.15, 0.2) is 6.20 Å². The lowest BCUT2D eigenvalue weighted by Crippen LogP contribution is -2.17. The van der Waals surface area contributed by atoms with Crippen LogP contribution in [0.1, 0.15) is 31.1 Å². The van der Waals surface area contributed by atoms with Gasteiger partial charge in [0.1, 0.15) is 3.70 Å². The quantitative estimate of drug-likeness (QED) is 0.635. The molecule has 78 valence electrons. The molecule has 0 radical (unpaired) electrons. The summed E-state index contributed by atoms with van der Waals surface area (Å²) >= 11 is 2.15. The van der Waals surface area contributed by atoms with Crippen molar-refractivity contribution in [3.05, 3.63) is 15.5 Å². The number of hydrogen-bond donors (Lipinski definition) is 0. The van der Waals surface area contributed by atoms with Crippen molar-refractivity contribution in [1.29, 1.82) is 0 Å². The Morgan fingerprint density at radius 3 is 2.43 bits per heavy atom. The van der Waals surface area contributed by atoms with E-state index in [1.807, 2.05) is 14.0 Å². The molecule has 0 saturated carbocycles. The zero-order chi connectivity index (χ0) is 10.9. The second kappa shape index (κ2) is 4.42. The van der Waals surface area contributed by atoms with Crippen molar-refractivity contribution in [3.8, 4) is 0 Å². The minimum absolute atomic E-state index is 0.0627. The van der Waals surface area contributed by atoms with Crippen molar-refractivity contribution in [2.24, 2.45) is 18.9 Å². The van der Waals surface area contributed by atoms with Crippen LogP contribution in [0.5, 0.6) is 0 Å². The van der Waals surface area contributed by atoms with Gasteiger partial charge in [0.15, 0.2) is 5.78 Å². The third-order valence-electron chi connectivity index (χ3n) is 2.55. The average molecular weight is 306 g/mol. The highest BCUT2D eigenvalue weighted by atomic mass is 127. The highest BCUT2D eigenvalue weighted by molar-refractivity contribution is 14.1. The molecule has 0 bridgehead atoms. The van der Waals surface area contributed by atoms with E-state index < -0.39 is 0 Å². The molecule has 0 aliphatic heterocycles. The summed E-state index contributed by atoms with van der Waals surface area (Å²) in [5, 5.41) is 4.07. The molecule has 0 aromatic carbocycles. The number of carbonyl (C=O) groups is 1. The van der Waals surface area contributed by atoms with Gasteiger partial charge in [0.25, 0.3) is 0 Å². The number of Topliss-reactive ketones (excluding diaryl/α,β-unsaturated/α-hetero) is 1. The lowest BCUT2D eigenvalue weighted by Gasteiger charge is -2.13. The van der Waals surface area contributed by atoms with E-state index in [1.165, 1.54) is 0 Å². The van der Waals surface area contributed by atoms with Crippen molar-refractivity contribution in [3.63, 3.8) is 0 Å². The summed E-state index contributed by atoms with van der Waals surface area (Å²) in [6.07, 6.45) is 1.66. The first-order chi connectivity index (χ1) is 6.45. The van der Waals surface area contributed by atoms with Crippen molar-refractivity contribution in [2.45, 2.75) is 20.8 Å². The second-order valence-corrected chi connectivity index (χ2v) is 4.89. The van der Waals surface area contributed by atoms with Gasteiger partial charge in [-0.1, -0.05) is 20.8 Å². The Morgan fingerprint density at radius 2 is 2.07 bits per heavy atom. The molecule has 4 heteroatoms. The molecule has 0 aliphatic carbocycles. The lowest BCUT2D eigenvalue weighted by atomic mass is 9.91. The standard InChI is InChI=1S/C10H15IN2O/c1-6(2)7(3)9(14)8-5-12-13(4)10(8)11/h5-7H,1-4H3. The van der Waals surface area contributed by atoms with E-state index in [9.17, 15) is 4.79 Å². The molecule has 1 heterocycles. The molecule has 1 aromatic heterocycles. The van der Waals surface area contributed by atoms with Crippen LogP contribution in [0.25, 0.3) is 0 Å². The van der Waals surface area contributed by atoms with E-state index in [0.717, 1.165) is 9.26 Å². The number of halogens is 1. The lowest BCUT2D eigenvalue weighted by molar-refractivity contribution is 0.0898. The summed E-state index contributed by atoms with van der Waals surface area (Å²) in [4.78, 5) is 12.0. The van der Waals surface area contributed by atoms with Crippen LogP contribution < -0.4 is 0 Å². The molecule has 3 nitrogen and oxygen atoms in total. The molecule has 14 heavy (non-hydrogen) atoms. The van der Waals surface area contributed by atoms with Crippen LogP contribution in [0, 0.1) is 15.5 Å². The Morgan fingerprint density at radius 1 is 1.50 bits per heavy atom. The van der Waals surface area contributed by atoms with Gasteiger partial charge in [-0.3, -0.25) is 9.48 Å². The molecule has 0 aliphatic rings. The highest BCUT2D eigenvalue weighted by Gasteiger charge is 2.22. The molecular formula is C10H15IN2O. The van der Waals surface area contributed by atoms with Crippen LogP contribution in [0.4, 0.5) is 0 Å². The molecule has 0 spiro atoms. The predicted molar refractivity (Wildman–Crippen MR) is 64.3 cm³/mol. The van der Waals surface area contributed by atoms with E-state index in [1.54, 1.807) is 10.9 Å². The van der Waals surface area contributed by atoms with E-state index >= 15 is 0 Å². The van der Waals surface area contributed by atoms with Gasteiger partial charge in [0.2, 0.25) is 0 Å². The van der Waals surface area contributed by atoms with E-state index in [4.69, 9.17) is 0 Å². The smallest absolute Gasteiger partial charge is 0.170 e. The SMILES string of the molecule is CC(C)C(C)C(=O)c1cnn(C)c1I. The first-order valence-corrected chi connectivity index (χ1v) is 5.74. The number of aromatic nitrogens is 2. The first-order valence-electron chi connectivity index (χ1n) is 4.66. The fourth-order valence-corrected chi connectivity index (χ4v) is 1.67. The van der Waals surface area contributed by atoms with Crippen LogP contribution in [0.2, 0.25) is 0 Å². The third-order valence-corrected chi connectivity index (χ3v) is 3.82. The van der Waals surface area contributed by atoms with Crippen LogP contribution >= 0.6 is 22.6 Å². The Hall–Kier alpha value is -0.390. The second-order valence-electron chi connectivity index (χ2n) is 3.87. The maximum atomic E-state index is 12.0. The summed E-state index contributed by atoms with van der Waals surface area (Å²) in [6, 6.07) is 0. The molecular weight excluding hydrogens is 291 g/mol. The van der Waals surface area contributed by atoms with Crippen molar-refractivity contribution < 1.29 is 4.79 Å². The summed E-state index contributed by atoms with van der Waals surface area (Å²) in [7, 11) is 1.85. The van der Waals surface area contributed by atoms with Gasteiger partial charge < -0.3 is 0 Å².